The Morgan fingerprint density at radius 3 is 2.56 bits per heavy atom. The fourth-order valence-electron chi connectivity index (χ4n) is 4.57. The van der Waals surface area contributed by atoms with Crippen LogP contribution in [0.5, 0.6) is 5.75 Å². The molecule has 0 aromatic heterocycles. The van der Waals surface area contributed by atoms with E-state index in [1.165, 1.54) is 28.8 Å². The number of hydrogen-bond acceptors (Lipinski definition) is 7. The van der Waals surface area contributed by atoms with Crippen LogP contribution in [0.1, 0.15) is 41.8 Å². The van der Waals surface area contributed by atoms with Gasteiger partial charge in [-0.3, -0.25) is 14.5 Å². The highest BCUT2D eigenvalue weighted by Crippen LogP contribution is 2.28. The molecule has 1 aliphatic rings. The van der Waals surface area contributed by atoms with Crippen molar-refractivity contribution in [2.75, 3.05) is 12.4 Å². The Kier molecular flexibility index (Phi) is 11.2. The number of phenols is 1. The third-order valence-corrected chi connectivity index (χ3v) is 8.13. The predicted octanol–water partition coefficient (Wildman–Crippen LogP) is 3.42. The van der Waals surface area contributed by atoms with Gasteiger partial charge >= 0.3 is 0 Å². The molecule has 2 unspecified atom stereocenters. The summed E-state index contributed by atoms with van der Waals surface area (Å²) in [7, 11) is 0. The third kappa shape index (κ3) is 7.51. The van der Waals surface area contributed by atoms with E-state index in [-0.39, 0.29) is 34.9 Å². The van der Waals surface area contributed by atoms with Gasteiger partial charge in [0, 0.05) is 17.7 Å². The number of allylic oxidation sites excluding steroid dienone is 1. The van der Waals surface area contributed by atoms with Crippen molar-refractivity contribution in [3.63, 3.8) is 0 Å². The van der Waals surface area contributed by atoms with E-state index in [0.717, 1.165) is 12.0 Å². The Hall–Kier alpha value is -3.11. The summed E-state index contributed by atoms with van der Waals surface area (Å²) in [5, 5.41) is 35.7. The van der Waals surface area contributed by atoms with Gasteiger partial charge in [0.15, 0.2) is 0 Å². The van der Waals surface area contributed by atoms with Gasteiger partial charge in [-0.25, -0.2) is 0 Å². The van der Waals surface area contributed by atoms with Crippen LogP contribution < -0.4 is 5.32 Å². The molecule has 1 heterocycles. The molecule has 2 amide bonds. The average Bonchev–Trinajstić information content (AvgIpc) is 3.05. The van der Waals surface area contributed by atoms with Gasteiger partial charge in [-0.2, -0.15) is 0 Å². The van der Waals surface area contributed by atoms with Crippen molar-refractivity contribution in [3.05, 3.63) is 90.0 Å². The van der Waals surface area contributed by atoms with E-state index in [0.29, 0.717) is 12.1 Å². The Labute approximate surface area is 235 Å². The van der Waals surface area contributed by atoms with Crippen LogP contribution in [-0.4, -0.2) is 79.1 Å². The molecule has 0 bridgehead atoms. The maximum Gasteiger partial charge on any atom is 0.252 e. The normalized spacial score (nSPS) is 20.8. The van der Waals surface area contributed by atoms with Crippen molar-refractivity contribution < 1.29 is 24.9 Å². The molecular formula is C30H39N3O5S. The van der Waals surface area contributed by atoms with Crippen LogP contribution in [0.4, 0.5) is 0 Å². The molecule has 8 nitrogen and oxygen atoms in total. The molecular weight excluding hydrogens is 514 g/mol. The van der Waals surface area contributed by atoms with Crippen LogP contribution in [0.15, 0.2) is 73.3 Å². The van der Waals surface area contributed by atoms with E-state index in [2.05, 4.69) is 11.9 Å². The second-order valence-corrected chi connectivity index (χ2v) is 10.9. The van der Waals surface area contributed by atoms with Crippen LogP contribution in [0.3, 0.4) is 0 Å². The van der Waals surface area contributed by atoms with Crippen molar-refractivity contribution in [2.45, 2.75) is 63.4 Å². The lowest BCUT2D eigenvalue weighted by atomic mass is 9.98. The SMILES string of the molecule is C=C[C@H]1C(=O)N(C/C=C/CC)C(C)SCN1C(O)[C@@H](O)[C@H](Cc1ccccc1)NC(=O)c1cccc(O)c1C. The molecule has 5 atom stereocenters. The second kappa shape index (κ2) is 14.3. The average molecular weight is 554 g/mol. The first-order valence-electron chi connectivity index (χ1n) is 13.1. The first-order valence-corrected chi connectivity index (χ1v) is 14.2. The lowest BCUT2D eigenvalue weighted by Gasteiger charge is -2.37. The summed E-state index contributed by atoms with van der Waals surface area (Å²) in [5.74, 6) is -0.439. The number of nitrogens with zero attached hydrogens (tertiary/aromatic N) is 2. The van der Waals surface area contributed by atoms with Crippen LogP contribution in [0.25, 0.3) is 0 Å². The lowest BCUT2D eigenvalue weighted by Crippen LogP contribution is -2.58. The number of rotatable bonds is 11. The zero-order valence-electron chi connectivity index (χ0n) is 22.7. The number of amides is 2. The molecule has 1 fully saturated rings. The highest BCUT2D eigenvalue weighted by Gasteiger charge is 2.41. The lowest BCUT2D eigenvalue weighted by molar-refractivity contribution is -0.143. The van der Waals surface area contributed by atoms with E-state index < -0.39 is 30.3 Å². The maximum atomic E-state index is 13.5. The number of aliphatic hydroxyl groups excluding tert-OH is 2. The van der Waals surface area contributed by atoms with Gasteiger partial charge in [0.05, 0.1) is 17.3 Å². The first-order chi connectivity index (χ1) is 18.7. The zero-order chi connectivity index (χ0) is 28.5. The largest absolute Gasteiger partial charge is 0.508 e. The molecule has 0 saturated carbocycles. The molecule has 3 rings (SSSR count). The third-order valence-electron chi connectivity index (χ3n) is 6.95. The minimum absolute atomic E-state index is 0.00998. The van der Waals surface area contributed by atoms with Crippen molar-refractivity contribution >= 4 is 23.6 Å². The van der Waals surface area contributed by atoms with Crippen molar-refractivity contribution in [2.24, 2.45) is 0 Å². The summed E-state index contributed by atoms with van der Waals surface area (Å²) in [6.45, 7) is 9.88. The number of carbonyl (C=O) groups excluding carboxylic acids is 2. The minimum atomic E-state index is -1.47. The number of thioether (sulfide) groups is 1. The van der Waals surface area contributed by atoms with Gasteiger partial charge in [0.25, 0.3) is 5.91 Å². The molecule has 2 aromatic rings. The minimum Gasteiger partial charge on any atom is -0.508 e. The summed E-state index contributed by atoms with van der Waals surface area (Å²) < 4.78 is 0. The number of aliphatic hydroxyl groups is 2. The van der Waals surface area contributed by atoms with Crippen LogP contribution in [0, 0.1) is 6.92 Å². The van der Waals surface area contributed by atoms with E-state index >= 15 is 0 Å². The van der Waals surface area contributed by atoms with Gasteiger partial charge in [-0.05, 0) is 44.4 Å². The fraction of sp³-hybridized carbons (Fsp3) is 0.400. The van der Waals surface area contributed by atoms with Crippen molar-refractivity contribution in [3.8, 4) is 5.75 Å². The molecule has 0 spiro atoms. The number of benzene rings is 2. The summed E-state index contributed by atoms with van der Waals surface area (Å²) >= 11 is 1.47. The van der Waals surface area contributed by atoms with Crippen LogP contribution in [-0.2, 0) is 11.2 Å². The fourth-order valence-corrected chi connectivity index (χ4v) is 5.64. The summed E-state index contributed by atoms with van der Waals surface area (Å²) in [4.78, 5) is 30.0. The first kappa shape index (κ1) is 30.4. The van der Waals surface area contributed by atoms with Gasteiger partial charge in [-0.15, -0.1) is 18.3 Å². The topological polar surface area (TPSA) is 113 Å². The quantitative estimate of drug-likeness (QED) is 0.316. The second-order valence-electron chi connectivity index (χ2n) is 9.58. The predicted molar refractivity (Wildman–Crippen MR) is 155 cm³/mol. The monoisotopic (exact) mass is 553 g/mol. The van der Waals surface area contributed by atoms with Crippen molar-refractivity contribution in [1.29, 1.82) is 0 Å². The number of nitrogens with one attached hydrogen (secondary N) is 1. The molecule has 0 aliphatic carbocycles. The number of phenolic OH excluding ortho intramolecular Hbond substituents is 1. The molecule has 1 aliphatic heterocycles. The highest BCUT2D eigenvalue weighted by atomic mass is 32.2. The van der Waals surface area contributed by atoms with Crippen LogP contribution in [0.2, 0.25) is 0 Å². The standard InChI is InChI=1S/C30H39N3O5S/c1-5-7-11-17-32-21(4)39-19-33(25(6-2)29(32)37)30(38)27(35)24(18-22-13-9-8-10-14-22)31-28(36)23-15-12-16-26(34)20(23)3/h6-16,21,24-25,27,30,34-35,38H,2,5,17-19H2,1,3-4H3,(H,31,36)/b11-7+/t21?,24-,25-,27-,30?/m0/s1. The van der Waals surface area contributed by atoms with Crippen molar-refractivity contribution in [1.82, 2.24) is 15.1 Å². The van der Waals surface area contributed by atoms with E-state index in [1.807, 2.05) is 56.3 Å². The molecule has 0 radical (unpaired) electrons. The molecule has 39 heavy (non-hydrogen) atoms. The maximum absolute atomic E-state index is 13.5. The van der Waals surface area contributed by atoms with Gasteiger partial charge in [-0.1, -0.05) is 61.5 Å². The van der Waals surface area contributed by atoms with Crippen LogP contribution >= 0.6 is 11.8 Å². The van der Waals surface area contributed by atoms with E-state index in [9.17, 15) is 24.9 Å². The molecule has 210 valence electrons. The summed E-state index contributed by atoms with van der Waals surface area (Å²) in [6.07, 6.45) is 3.62. The Morgan fingerprint density at radius 1 is 1.18 bits per heavy atom. The molecule has 2 aromatic carbocycles. The summed E-state index contributed by atoms with van der Waals surface area (Å²) in [6, 6.07) is 12.2. The smallest absolute Gasteiger partial charge is 0.252 e. The van der Waals surface area contributed by atoms with Gasteiger partial charge in [0.1, 0.15) is 24.1 Å². The van der Waals surface area contributed by atoms with Gasteiger partial charge < -0.3 is 25.5 Å². The molecule has 9 heteroatoms. The molecule has 4 N–H and O–H groups in total. The Morgan fingerprint density at radius 2 is 1.90 bits per heavy atom. The number of carbonyl (C=O) groups is 2. The zero-order valence-corrected chi connectivity index (χ0v) is 23.6. The number of aromatic hydroxyl groups is 1. The highest BCUT2D eigenvalue weighted by molar-refractivity contribution is 7.99. The Bertz CT molecular complexity index is 1160. The van der Waals surface area contributed by atoms with Gasteiger partial charge in [0.2, 0.25) is 5.91 Å². The summed E-state index contributed by atoms with van der Waals surface area (Å²) in [5.41, 5.74) is 1.53. The number of hydrogen-bond donors (Lipinski definition) is 4. The Balaban J connectivity index is 1.88. The van der Waals surface area contributed by atoms with E-state index in [1.54, 1.807) is 24.0 Å². The van der Waals surface area contributed by atoms with E-state index in [4.69, 9.17) is 0 Å². The molecule has 1 saturated heterocycles.